The van der Waals surface area contributed by atoms with Crippen LogP contribution in [0.3, 0.4) is 0 Å². The number of aryl methyl sites for hydroxylation is 1. The van der Waals surface area contributed by atoms with Gasteiger partial charge in [0, 0.05) is 22.8 Å². The molecule has 0 saturated heterocycles. The summed E-state index contributed by atoms with van der Waals surface area (Å²) in [6.45, 7) is 12.0. The van der Waals surface area contributed by atoms with Gasteiger partial charge in [0.1, 0.15) is 11.4 Å². The van der Waals surface area contributed by atoms with Crippen molar-refractivity contribution in [3.05, 3.63) is 59.5 Å². The van der Waals surface area contributed by atoms with Crippen molar-refractivity contribution in [1.29, 1.82) is 0 Å². The molecule has 6 heteroatoms. The third-order valence-corrected chi connectivity index (χ3v) is 4.22. The Kier molecular flexibility index (Phi) is 5.54. The molecule has 0 aliphatic heterocycles. The van der Waals surface area contributed by atoms with E-state index in [0.717, 1.165) is 16.5 Å². The molecule has 1 atom stereocenters. The van der Waals surface area contributed by atoms with Crippen LogP contribution in [0.15, 0.2) is 42.5 Å². The van der Waals surface area contributed by atoms with E-state index >= 15 is 0 Å². The van der Waals surface area contributed by atoms with Crippen LogP contribution in [0.2, 0.25) is 0 Å². The minimum absolute atomic E-state index is 0.297. The van der Waals surface area contributed by atoms with Crippen LogP contribution in [0.5, 0.6) is 0 Å². The number of benzene rings is 1. The Morgan fingerprint density at radius 2 is 2.04 bits per heavy atom. The highest BCUT2D eigenvalue weighted by Gasteiger charge is 2.29. The second-order valence-electron chi connectivity index (χ2n) is 7.09. The molecule has 1 aromatic heterocycles. The molecule has 26 heavy (non-hydrogen) atoms. The Bertz CT molecular complexity index is 877. The summed E-state index contributed by atoms with van der Waals surface area (Å²) in [4.78, 5) is 15.8. The molecule has 0 radical (unpaired) electrons. The second-order valence-corrected chi connectivity index (χ2v) is 7.09. The Morgan fingerprint density at radius 1 is 1.38 bits per heavy atom. The molecule has 4 nitrogen and oxygen atoms in total. The number of amides is 1. The predicted octanol–water partition coefficient (Wildman–Crippen LogP) is 4.55. The molecule has 0 spiro atoms. The van der Waals surface area contributed by atoms with E-state index in [9.17, 15) is 13.6 Å². The van der Waals surface area contributed by atoms with Crippen molar-refractivity contribution in [2.45, 2.75) is 46.2 Å². The molecule has 1 heterocycles. The number of aromatic amines is 1. The zero-order valence-electron chi connectivity index (χ0n) is 15.8. The van der Waals surface area contributed by atoms with Crippen molar-refractivity contribution < 1.29 is 13.6 Å². The quantitative estimate of drug-likeness (QED) is 0.661. The van der Waals surface area contributed by atoms with Gasteiger partial charge in [-0.3, -0.25) is 4.79 Å². The predicted molar refractivity (Wildman–Crippen MR) is 101 cm³/mol. The lowest BCUT2D eigenvalue weighted by molar-refractivity contribution is -0.126. The fourth-order valence-corrected chi connectivity index (χ4v) is 2.89. The molecule has 1 amide bonds. The maximum atomic E-state index is 14.0. The van der Waals surface area contributed by atoms with E-state index in [0.29, 0.717) is 11.3 Å². The Balaban J connectivity index is 2.21. The summed E-state index contributed by atoms with van der Waals surface area (Å²) < 4.78 is 27.0. The molecule has 1 aromatic carbocycles. The number of hydrogen-bond acceptors (Lipinski definition) is 2. The number of fused-ring (bicyclic) bond motifs is 1. The van der Waals surface area contributed by atoms with Gasteiger partial charge in [-0.25, -0.2) is 8.78 Å². The molecule has 0 bridgehead atoms. The molecule has 3 N–H and O–H groups in total. The van der Waals surface area contributed by atoms with Gasteiger partial charge in [0.25, 0.3) is 0 Å². The molecule has 2 aromatic rings. The van der Waals surface area contributed by atoms with Crippen molar-refractivity contribution in [3.63, 3.8) is 0 Å². The van der Waals surface area contributed by atoms with Gasteiger partial charge < -0.3 is 15.6 Å². The maximum Gasteiger partial charge on any atom is 0.245 e. The minimum Gasteiger partial charge on any atom is -0.372 e. The summed E-state index contributed by atoms with van der Waals surface area (Å²) in [6.07, 6.45) is 3.03. The van der Waals surface area contributed by atoms with Gasteiger partial charge in [-0.15, -0.1) is 0 Å². The largest absolute Gasteiger partial charge is 0.372 e. The van der Waals surface area contributed by atoms with Crippen molar-refractivity contribution in [2.75, 3.05) is 0 Å². The lowest BCUT2D eigenvalue weighted by Crippen LogP contribution is -2.52. The first kappa shape index (κ1) is 19.7. The number of H-pyrrole nitrogens is 1. The van der Waals surface area contributed by atoms with Gasteiger partial charge >= 0.3 is 0 Å². The Hall–Kier alpha value is -2.63. The molecular weight excluding hydrogens is 336 g/mol. The van der Waals surface area contributed by atoms with Crippen LogP contribution in [-0.2, 0) is 4.79 Å². The monoisotopic (exact) mass is 361 g/mol. The standard InChI is InChI=1S/C20H25F2N3O/c1-11-10-23-18-16(11)8-15(22)9-17(18)14(4)24-19(26)20(5,6)25-13(3)7-12(2)21/h7-10,14,23,25H,3H2,1-2,4-6H3,(H,24,26)/b12-7+. The highest BCUT2D eigenvalue weighted by molar-refractivity contribution is 5.89. The molecule has 140 valence electrons. The average molecular weight is 361 g/mol. The molecule has 2 rings (SSSR count). The van der Waals surface area contributed by atoms with Crippen molar-refractivity contribution >= 4 is 16.8 Å². The van der Waals surface area contributed by atoms with Gasteiger partial charge in [0.2, 0.25) is 5.91 Å². The number of hydrogen-bond donors (Lipinski definition) is 3. The molecule has 1 unspecified atom stereocenters. The van der Waals surface area contributed by atoms with Crippen molar-refractivity contribution in [1.82, 2.24) is 15.6 Å². The number of nitrogens with one attached hydrogen (secondary N) is 3. The summed E-state index contributed by atoms with van der Waals surface area (Å²) in [5.74, 6) is -1.07. The highest BCUT2D eigenvalue weighted by Crippen LogP contribution is 2.27. The number of rotatable bonds is 6. The number of aromatic nitrogens is 1. The van der Waals surface area contributed by atoms with Gasteiger partial charge in [-0.1, -0.05) is 6.58 Å². The van der Waals surface area contributed by atoms with E-state index in [1.807, 2.05) is 13.1 Å². The molecule has 0 fully saturated rings. The van der Waals surface area contributed by atoms with Crippen LogP contribution in [0.25, 0.3) is 10.9 Å². The van der Waals surface area contributed by atoms with E-state index in [1.165, 1.54) is 25.1 Å². The summed E-state index contributed by atoms with van der Waals surface area (Å²) >= 11 is 0. The topological polar surface area (TPSA) is 56.9 Å². The number of halogens is 2. The zero-order valence-corrected chi connectivity index (χ0v) is 15.8. The molecule has 0 aliphatic rings. The summed E-state index contributed by atoms with van der Waals surface area (Å²) in [7, 11) is 0. The average Bonchev–Trinajstić information content (AvgIpc) is 2.86. The Morgan fingerprint density at radius 3 is 2.65 bits per heavy atom. The van der Waals surface area contributed by atoms with Crippen LogP contribution in [0.4, 0.5) is 8.78 Å². The van der Waals surface area contributed by atoms with Crippen LogP contribution in [0.1, 0.15) is 44.9 Å². The normalized spacial score (nSPS) is 13.6. The summed E-state index contributed by atoms with van der Waals surface area (Å²) in [6, 6.07) is 2.46. The molecule has 0 saturated carbocycles. The molecule has 0 aliphatic carbocycles. The van der Waals surface area contributed by atoms with Crippen LogP contribution in [0, 0.1) is 12.7 Å². The maximum absolute atomic E-state index is 14.0. The zero-order chi connectivity index (χ0) is 19.6. The SMILES string of the molecule is C=C(/C=C(\C)F)NC(C)(C)C(=O)NC(C)c1cc(F)cc2c(C)c[nH]c12. The fraction of sp³-hybridized carbons (Fsp3) is 0.350. The lowest BCUT2D eigenvalue weighted by Gasteiger charge is -2.28. The van der Waals surface area contributed by atoms with E-state index in [2.05, 4.69) is 22.2 Å². The van der Waals surface area contributed by atoms with Gasteiger partial charge in [-0.05, 0) is 58.4 Å². The van der Waals surface area contributed by atoms with Crippen molar-refractivity contribution in [3.8, 4) is 0 Å². The number of allylic oxidation sites excluding steroid dienone is 2. The fourth-order valence-electron chi connectivity index (χ4n) is 2.89. The first-order valence-corrected chi connectivity index (χ1v) is 8.40. The highest BCUT2D eigenvalue weighted by atomic mass is 19.1. The Labute approximate surface area is 152 Å². The van der Waals surface area contributed by atoms with Crippen molar-refractivity contribution in [2.24, 2.45) is 0 Å². The van der Waals surface area contributed by atoms with E-state index in [4.69, 9.17) is 0 Å². The summed E-state index contributed by atoms with van der Waals surface area (Å²) in [5.41, 5.74) is 1.67. The van der Waals surface area contributed by atoms with Crippen LogP contribution < -0.4 is 10.6 Å². The van der Waals surface area contributed by atoms with E-state index in [1.54, 1.807) is 20.8 Å². The second kappa shape index (κ2) is 7.32. The van der Waals surface area contributed by atoms with Gasteiger partial charge in [0.15, 0.2) is 0 Å². The first-order valence-electron chi connectivity index (χ1n) is 8.40. The number of carbonyl (C=O) groups is 1. The minimum atomic E-state index is -1.02. The van der Waals surface area contributed by atoms with E-state index < -0.39 is 17.4 Å². The van der Waals surface area contributed by atoms with E-state index in [-0.39, 0.29) is 11.7 Å². The first-order chi connectivity index (χ1) is 12.0. The summed E-state index contributed by atoms with van der Waals surface area (Å²) in [5, 5.41) is 6.56. The lowest BCUT2D eigenvalue weighted by atomic mass is 10.00. The van der Waals surface area contributed by atoms with Crippen LogP contribution in [-0.4, -0.2) is 16.4 Å². The van der Waals surface area contributed by atoms with Gasteiger partial charge in [-0.2, -0.15) is 0 Å². The van der Waals surface area contributed by atoms with Gasteiger partial charge in [0.05, 0.1) is 17.4 Å². The third-order valence-electron chi connectivity index (χ3n) is 4.22. The number of carbonyl (C=O) groups excluding carboxylic acids is 1. The smallest absolute Gasteiger partial charge is 0.245 e. The third kappa shape index (κ3) is 4.31. The van der Waals surface area contributed by atoms with Crippen LogP contribution >= 0.6 is 0 Å². The molecular formula is C20H25F2N3O.